The number of hydrogen-bond donors (Lipinski definition) is 1. The average molecular weight is 418 g/mol. The van der Waals surface area contributed by atoms with Crippen molar-refractivity contribution in [1.29, 1.82) is 0 Å². The second kappa shape index (κ2) is 8.51. The number of hydrogen-bond acceptors (Lipinski definition) is 7. The van der Waals surface area contributed by atoms with Gasteiger partial charge in [0.1, 0.15) is 5.75 Å². The lowest BCUT2D eigenvalue weighted by molar-refractivity contribution is 0.415. The van der Waals surface area contributed by atoms with E-state index in [-0.39, 0.29) is 0 Å². The van der Waals surface area contributed by atoms with Gasteiger partial charge in [0.2, 0.25) is 5.95 Å². The zero-order valence-corrected chi connectivity index (χ0v) is 18.2. The van der Waals surface area contributed by atoms with Gasteiger partial charge in [0, 0.05) is 30.7 Å². The Morgan fingerprint density at radius 2 is 1.80 bits per heavy atom. The largest absolute Gasteiger partial charge is 0.497 e. The quantitative estimate of drug-likeness (QED) is 0.432. The number of aromatic nitrogens is 3. The third kappa shape index (κ3) is 4.26. The zero-order valence-electron chi connectivity index (χ0n) is 17.4. The summed E-state index contributed by atoms with van der Waals surface area (Å²) in [4.78, 5) is 16.9. The fourth-order valence-electron chi connectivity index (χ4n) is 3.02. The molecule has 0 bridgehead atoms. The molecule has 4 aromatic rings. The SMILES string of the molecule is COc1cccc(Nc2nccc(-c3sc(N(C)c4ccc(C)cc4)nc3C)n2)c1. The summed E-state index contributed by atoms with van der Waals surface area (Å²) >= 11 is 1.62. The van der Waals surface area contributed by atoms with E-state index in [2.05, 4.69) is 46.4 Å². The summed E-state index contributed by atoms with van der Waals surface area (Å²) in [6.45, 7) is 4.09. The van der Waals surface area contributed by atoms with E-state index in [9.17, 15) is 0 Å². The van der Waals surface area contributed by atoms with Crippen molar-refractivity contribution in [1.82, 2.24) is 15.0 Å². The molecule has 0 fully saturated rings. The highest BCUT2D eigenvalue weighted by molar-refractivity contribution is 7.19. The maximum Gasteiger partial charge on any atom is 0.227 e. The smallest absolute Gasteiger partial charge is 0.227 e. The minimum atomic E-state index is 0.530. The second-order valence-corrected chi connectivity index (χ2v) is 7.91. The Bertz CT molecular complexity index is 1160. The summed E-state index contributed by atoms with van der Waals surface area (Å²) < 4.78 is 5.28. The first-order valence-corrected chi connectivity index (χ1v) is 10.4. The number of ether oxygens (including phenoxy) is 1. The average Bonchev–Trinajstić information content (AvgIpc) is 3.16. The minimum Gasteiger partial charge on any atom is -0.497 e. The molecule has 152 valence electrons. The van der Waals surface area contributed by atoms with Crippen molar-refractivity contribution in [2.75, 3.05) is 24.4 Å². The molecule has 0 saturated carbocycles. The summed E-state index contributed by atoms with van der Waals surface area (Å²) in [7, 11) is 3.68. The fraction of sp³-hybridized carbons (Fsp3) is 0.174. The van der Waals surface area contributed by atoms with Crippen LogP contribution in [0.2, 0.25) is 0 Å². The van der Waals surface area contributed by atoms with E-state index >= 15 is 0 Å². The molecule has 0 aliphatic heterocycles. The van der Waals surface area contributed by atoms with Crippen molar-refractivity contribution in [3.8, 4) is 16.3 Å². The van der Waals surface area contributed by atoms with E-state index < -0.39 is 0 Å². The zero-order chi connectivity index (χ0) is 21.1. The Morgan fingerprint density at radius 1 is 1.00 bits per heavy atom. The summed E-state index contributed by atoms with van der Waals surface area (Å²) in [5, 5.41) is 4.16. The lowest BCUT2D eigenvalue weighted by Crippen LogP contribution is -2.08. The van der Waals surface area contributed by atoms with Crippen LogP contribution in [-0.2, 0) is 0 Å². The molecule has 2 heterocycles. The van der Waals surface area contributed by atoms with Gasteiger partial charge in [-0.15, -0.1) is 0 Å². The molecule has 0 amide bonds. The summed E-state index contributed by atoms with van der Waals surface area (Å²) in [6, 6.07) is 18.0. The van der Waals surface area contributed by atoms with Crippen molar-refractivity contribution >= 4 is 33.8 Å². The van der Waals surface area contributed by atoms with Gasteiger partial charge in [0.05, 0.1) is 23.4 Å². The van der Waals surface area contributed by atoms with Crippen molar-refractivity contribution in [2.45, 2.75) is 13.8 Å². The van der Waals surface area contributed by atoms with Gasteiger partial charge in [-0.05, 0) is 44.2 Å². The minimum absolute atomic E-state index is 0.530. The molecule has 1 N–H and O–H groups in total. The Morgan fingerprint density at radius 3 is 2.57 bits per heavy atom. The Hall–Kier alpha value is -3.45. The molecule has 0 spiro atoms. The van der Waals surface area contributed by atoms with E-state index in [0.29, 0.717) is 5.95 Å². The van der Waals surface area contributed by atoms with Crippen molar-refractivity contribution in [3.63, 3.8) is 0 Å². The van der Waals surface area contributed by atoms with Gasteiger partial charge in [-0.1, -0.05) is 35.1 Å². The molecule has 2 aromatic heterocycles. The van der Waals surface area contributed by atoms with Crippen LogP contribution in [0.15, 0.2) is 60.8 Å². The number of thiazole rings is 1. The molecule has 30 heavy (non-hydrogen) atoms. The van der Waals surface area contributed by atoms with E-state index in [4.69, 9.17) is 14.7 Å². The van der Waals surface area contributed by atoms with Crippen LogP contribution in [0.4, 0.5) is 22.5 Å². The number of aryl methyl sites for hydroxylation is 2. The van der Waals surface area contributed by atoms with Crippen LogP contribution in [0.3, 0.4) is 0 Å². The van der Waals surface area contributed by atoms with Gasteiger partial charge in [0.25, 0.3) is 0 Å². The first-order valence-electron chi connectivity index (χ1n) is 9.56. The van der Waals surface area contributed by atoms with Crippen molar-refractivity contribution in [2.24, 2.45) is 0 Å². The predicted molar refractivity (Wildman–Crippen MR) is 123 cm³/mol. The van der Waals surface area contributed by atoms with Gasteiger partial charge in [0.15, 0.2) is 5.13 Å². The lowest BCUT2D eigenvalue weighted by Gasteiger charge is -2.15. The predicted octanol–water partition coefficient (Wildman–Crippen LogP) is 5.74. The Labute approximate surface area is 180 Å². The molecule has 0 unspecified atom stereocenters. The number of rotatable bonds is 6. The molecule has 2 aromatic carbocycles. The van der Waals surface area contributed by atoms with Crippen LogP contribution >= 0.6 is 11.3 Å². The topological polar surface area (TPSA) is 63.2 Å². The highest BCUT2D eigenvalue weighted by Gasteiger charge is 2.15. The standard InChI is InChI=1S/C23H23N5OS/c1-15-8-10-18(11-9-15)28(3)23-25-16(2)21(30-23)20-12-13-24-22(27-20)26-17-6-5-7-19(14-17)29-4/h5-14H,1-4H3,(H,24,26,27). The molecule has 0 radical (unpaired) electrons. The molecule has 0 aliphatic rings. The van der Waals surface area contributed by atoms with Crippen LogP contribution in [-0.4, -0.2) is 29.1 Å². The van der Waals surface area contributed by atoms with Gasteiger partial charge < -0.3 is 15.0 Å². The van der Waals surface area contributed by atoms with Crippen LogP contribution in [0.5, 0.6) is 5.75 Å². The number of anilines is 4. The number of benzene rings is 2. The fourth-order valence-corrected chi connectivity index (χ4v) is 4.04. The normalized spacial score (nSPS) is 10.7. The first kappa shape index (κ1) is 19.8. The third-order valence-electron chi connectivity index (χ3n) is 4.71. The van der Waals surface area contributed by atoms with E-state index in [1.165, 1.54) is 5.56 Å². The van der Waals surface area contributed by atoms with Gasteiger partial charge in [-0.2, -0.15) is 0 Å². The van der Waals surface area contributed by atoms with Crippen molar-refractivity contribution < 1.29 is 4.74 Å². The number of nitrogens with zero attached hydrogens (tertiary/aromatic N) is 4. The molecule has 0 saturated heterocycles. The van der Waals surface area contributed by atoms with Gasteiger partial charge >= 0.3 is 0 Å². The van der Waals surface area contributed by atoms with Crippen LogP contribution in [0, 0.1) is 13.8 Å². The van der Waals surface area contributed by atoms with E-state index in [1.54, 1.807) is 24.6 Å². The maximum atomic E-state index is 5.28. The van der Waals surface area contributed by atoms with E-state index in [1.807, 2.05) is 44.3 Å². The molecule has 0 atom stereocenters. The van der Waals surface area contributed by atoms with Crippen LogP contribution in [0.25, 0.3) is 10.6 Å². The second-order valence-electron chi connectivity index (χ2n) is 6.93. The van der Waals surface area contributed by atoms with E-state index in [0.717, 1.165) is 38.5 Å². The molecular formula is C23H23N5OS. The van der Waals surface area contributed by atoms with Crippen LogP contribution in [0.1, 0.15) is 11.3 Å². The Balaban J connectivity index is 1.60. The van der Waals surface area contributed by atoms with Crippen molar-refractivity contribution in [3.05, 3.63) is 72.1 Å². The Kier molecular flexibility index (Phi) is 5.63. The highest BCUT2D eigenvalue weighted by atomic mass is 32.1. The molecular weight excluding hydrogens is 394 g/mol. The molecule has 4 rings (SSSR count). The molecule has 6 nitrogen and oxygen atoms in total. The van der Waals surface area contributed by atoms with Crippen LogP contribution < -0.4 is 15.0 Å². The highest BCUT2D eigenvalue weighted by Crippen LogP contribution is 2.36. The summed E-state index contributed by atoms with van der Waals surface area (Å²) in [6.07, 6.45) is 1.76. The number of nitrogens with one attached hydrogen (secondary N) is 1. The first-order chi connectivity index (χ1) is 14.5. The molecule has 0 aliphatic carbocycles. The maximum absolute atomic E-state index is 5.28. The van der Waals surface area contributed by atoms with Gasteiger partial charge in [-0.25, -0.2) is 15.0 Å². The number of methoxy groups -OCH3 is 1. The lowest BCUT2D eigenvalue weighted by atomic mass is 10.2. The van der Waals surface area contributed by atoms with Gasteiger partial charge in [-0.3, -0.25) is 0 Å². The summed E-state index contributed by atoms with van der Waals surface area (Å²) in [5.41, 5.74) is 4.99. The molecule has 7 heteroatoms. The third-order valence-corrected chi connectivity index (χ3v) is 5.96. The monoisotopic (exact) mass is 417 g/mol. The summed E-state index contributed by atoms with van der Waals surface area (Å²) in [5.74, 6) is 1.31.